The first kappa shape index (κ1) is 12.6. The van der Waals surface area contributed by atoms with Gasteiger partial charge < -0.3 is 0 Å². The summed E-state index contributed by atoms with van der Waals surface area (Å²) >= 11 is 11.6. The van der Waals surface area contributed by atoms with Crippen LogP contribution in [0, 0.1) is 11.3 Å². The molecular weight excluding hydrogens is 267 g/mol. The Kier molecular flexibility index (Phi) is 3.99. The standard InChI is InChI=1S/C14H8Cl2N2/c15-12-5-1-10(2-6-12)3-7-13-8-4-11(9-17)14(16)18-13/h1-8H. The van der Waals surface area contributed by atoms with Gasteiger partial charge in [0, 0.05) is 5.02 Å². The van der Waals surface area contributed by atoms with Crippen LogP contribution in [0.1, 0.15) is 16.8 Å². The van der Waals surface area contributed by atoms with Gasteiger partial charge in [-0.05, 0) is 35.9 Å². The Balaban J connectivity index is 2.21. The second-order valence-corrected chi connectivity index (χ2v) is 4.37. The minimum absolute atomic E-state index is 0.218. The molecule has 2 rings (SSSR count). The number of nitrogens with zero attached hydrogens (tertiary/aromatic N) is 2. The minimum Gasteiger partial charge on any atom is -0.235 e. The van der Waals surface area contributed by atoms with E-state index in [-0.39, 0.29) is 5.15 Å². The van der Waals surface area contributed by atoms with Crippen molar-refractivity contribution in [2.75, 3.05) is 0 Å². The zero-order valence-electron chi connectivity index (χ0n) is 9.27. The maximum atomic E-state index is 8.74. The van der Waals surface area contributed by atoms with Crippen molar-refractivity contribution in [3.63, 3.8) is 0 Å². The van der Waals surface area contributed by atoms with Crippen LogP contribution in [0.3, 0.4) is 0 Å². The highest BCUT2D eigenvalue weighted by Gasteiger charge is 2.00. The predicted octanol–water partition coefficient (Wildman–Crippen LogP) is 4.43. The van der Waals surface area contributed by atoms with E-state index >= 15 is 0 Å². The van der Waals surface area contributed by atoms with E-state index in [9.17, 15) is 0 Å². The van der Waals surface area contributed by atoms with Crippen LogP contribution in [-0.4, -0.2) is 4.98 Å². The van der Waals surface area contributed by atoms with Crippen LogP contribution >= 0.6 is 23.2 Å². The quantitative estimate of drug-likeness (QED) is 0.760. The molecule has 0 saturated carbocycles. The molecule has 0 N–H and O–H groups in total. The highest BCUT2D eigenvalue weighted by Crippen LogP contribution is 2.15. The summed E-state index contributed by atoms with van der Waals surface area (Å²) in [4.78, 5) is 4.11. The molecule has 0 aliphatic heterocycles. The van der Waals surface area contributed by atoms with E-state index in [1.54, 1.807) is 12.1 Å². The lowest BCUT2D eigenvalue weighted by atomic mass is 10.2. The van der Waals surface area contributed by atoms with Gasteiger partial charge in [-0.25, -0.2) is 4.98 Å². The monoisotopic (exact) mass is 274 g/mol. The molecule has 0 amide bonds. The van der Waals surface area contributed by atoms with Gasteiger partial charge in [-0.1, -0.05) is 41.4 Å². The van der Waals surface area contributed by atoms with Crippen LogP contribution < -0.4 is 0 Å². The van der Waals surface area contributed by atoms with Crippen molar-refractivity contribution in [1.82, 2.24) is 4.98 Å². The van der Waals surface area contributed by atoms with E-state index in [1.807, 2.05) is 42.5 Å². The number of pyridine rings is 1. The Morgan fingerprint density at radius 1 is 1.00 bits per heavy atom. The molecule has 1 aromatic heterocycles. The molecule has 0 atom stereocenters. The van der Waals surface area contributed by atoms with Crippen LogP contribution in [0.4, 0.5) is 0 Å². The average molecular weight is 275 g/mol. The molecule has 2 nitrogen and oxygen atoms in total. The van der Waals surface area contributed by atoms with E-state index in [1.165, 1.54) is 0 Å². The smallest absolute Gasteiger partial charge is 0.147 e. The van der Waals surface area contributed by atoms with E-state index in [4.69, 9.17) is 28.5 Å². The molecule has 1 heterocycles. The van der Waals surface area contributed by atoms with Crippen molar-refractivity contribution in [3.05, 3.63) is 63.4 Å². The van der Waals surface area contributed by atoms with E-state index in [2.05, 4.69) is 4.98 Å². The van der Waals surface area contributed by atoms with Gasteiger partial charge in [0.1, 0.15) is 11.2 Å². The third kappa shape index (κ3) is 3.10. The molecule has 88 valence electrons. The second kappa shape index (κ2) is 5.68. The van der Waals surface area contributed by atoms with Crippen molar-refractivity contribution >= 4 is 35.4 Å². The van der Waals surface area contributed by atoms with Gasteiger partial charge in [0.05, 0.1) is 11.3 Å². The van der Waals surface area contributed by atoms with Gasteiger partial charge in [-0.3, -0.25) is 0 Å². The molecule has 0 radical (unpaired) electrons. The number of nitriles is 1. The molecule has 0 aliphatic carbocycles. The molecule has 0 spiro atoms. The number of aromatic nitrogens is 1. The predicted molar refractivity (Wildman–Crippen MR) is 74.3 cm³/mol. The fraction of sp³-hybridized carbons (Fsp3) is 0. The fourth-order valence-corrected chi connectivity index (χ4v) is 1.71. The Bertz CT molecular complexity index is 625. The van der Waals surface area contributed by atoms with E-state index < -0.39 is 0 Å². The Hall–Kier alpha value is -1.82. The normalized spacial score (nSPS) is 10.5. The molecule has 0 saturated heterocycles. The Morgan fingerprint density at radius 3 is 2.33 bits per heavy atom. The SMILES string of the molecule is N#Cc1ccc(C=Cc2ccc(Cl)cc2)nc1Cl. The highest BCUT2D eigenvalue weighted by molar-refractivity contribution is 6.30. The number of rotatable bonds is 2. The van der Waals surface area contributed by atoms with E-state index in [0.29, 0.717) is 16.3 Å². The Labute approximate surface area is 115 Å². The van der Waals surface area contributed by atoms with Crippen molar-refractivity contribution in [2.24, 2.45) is 0 Å². The molecular formula is C14H8Cl2N2. The maximum absolute atomic E-state index is 8.74. The van der Waals surface area contributed by atoms with Crippen LogP contribution in [-0.2, 0) is 0 Å². The van der Waals surface area contributed by atoms with Crippen molar-refractivity contribution in [3.8, 4) is 6.07 Å². The summed E-state index contributed by atoms with van der Waals surface area (Å²) in [6.07, 6.45) is 3.73. The zero-order chi connectivity index (χ0) is 13.0. The number of benzene rings is 1. The summed E-state index contributed by atoms with van der Waals surface area (Å²) in [7, 11) is 0. The molecule has 1 aromatic carbocycles. The summed E-state index contributed by atoms with van der Waals surface area (Å²) < 4.78 is 0. The molecule has 18 heavy (non-hydrogen) atoms. The summed E-state index contributed by atoms with van der Waals surface area (Å²) in [5.74, 6) is 0. The van der Waals surface area contributed by atoms with Crippen LogP contribution in [0.25, 0.3) is 12.2 Å². The molecule has 0 unspecified atom stereocenters. The fourth-order valence-electron chi connectivity index (χ4n) is 1.38. The van der Waals surface area contributed by atoms with Crippen LogP contribution in [0.15, 0.2) is 36.4 Å². The van der Waals surface area contributed by atoms with Gasteiger partial charge in [-0.2, -0.15) is 5.26 Å². The summed E-state index contributed by atoms with van der Waals surface area (Å²) in [5.41, 5.74) is 2.09. The largest absolute Gasteiger partial charge is 0.235 e. The Morgan fingerprint density at radius 2 is 1.72 bits per heavy atom. The topological polar surface area (TPSA) is 36.7 Å². The summed E-state index contributed by atoms with van der Waals surface area (Å²) in [6, 6.07) is 12.8. The number of halogens is 2. The third-order valence-electron chi connectivity index (χ3n) is 2.31. The lowest BCUT2D eigenvalue weighted by Crippen LogP contribution is -1.85. The zero-order valence-corrected chi connectivity index (χ0v) is 10.8. The van der Waals surface area contributed by atoms with E-state index in [0.717, 1.165) is 5.56 Å². The maximum Gasteiger partial charge on any atom is 0.147 e. The summed E-state index contributed by atoms with van der Waals surface area (Å²) in [5, 5.41) is 9.66. The first-order valence-electron chi connectivity index (χ1n) is 5.19. The van der Waals surface area contributed by atoms with Crippen molar-refractivity contribution < 1.29 is 0 Å². The molecule has 0 aliphatic rings. The third-order valence-corrected chi connectivity index (χ3v) is 2.85. The molecule has 0 bridgehead atoms. The molecule has 0 fully saturated rings. The minimum atomic E-state index is 0.218. The first-order valence-corrected chi connectivity index (χ1v) is 5.95. The first-order chi connectivity index (χ1) is 8.69. The number of hydrogen-bond acceptors (Lipinski definition) is 2. The molecule has 2 aromatic rings. The van der Waals surface area contributed by atoms with Gasteiger partial charge >= 0.3 is 0 Å². The van der Waals surface area contributed by atoms with Crippen LogP contribution in [0.5, 0.6) is 0 Å². The highest BCUT2D eigenvalue weighted by atomic mass is 35.5. The van der Waals surface area contributed by atoms with Crippen LogP contribution in [0.2, 0.25) is 10.2 Å². The average Bonchev–Trinajstić information content (AvgIpc) is 2.38. The molecule has 4 heteroatoms. The van der Waals surface area contributed by atoms with Crippen molar-refractivity contribution in [1.29, 1.82) is 5.26 Å². The van der Waals surface area contributed by atoms with Gasteiger partial charge in [-0.15, -0.1) is 0 Å². The number of hydrogen-bond donors (Lipinski definition) is 0. The van der Waals surface area contributed by atoms with Gasteiger partial charge in [0.25, 0.3) is 0 Å². The lowest BCUT2D eigenvalue weighted by Gasteiger charge is -1.97. The lowest BCUT2D eigenvalue weighted by molar-refractivity contribution is 1.27. The summed E-state index contributed by atoms with van der Waals surface area (Å²) in [6.45, 7) is 0. The van der Waals surface area contributed by atoms with Gasteiger partial charge in [0.2, 0.25) is 0 Å². The van der Waals surface area contributed by atoms with Gasteiger partial charge in [0.15, 0.2) is 0 Å². The van der Waals surface area contributed by atoms with Crippen molar-refractivity contribution in [2.45, 2.75) is 0 Å². The second-order valence-electron chi connectivity index (χ2n) is 3.57.